The summed E-state index contributed by atoms with van der Waals surface area (Å²) in [6.45, 7) is 4.23. The lowest BCUT2D eigenvalue weighted by Crippen LogP contribution is -2.35. The average Bonchev–Trinajstić information content (AvgIpc) is 3.65. The number of halogens is 3. The highest BCUT2D eigenvalue weighted by Gasteiger charge is 2.66. The van der Waals surface area contributed by atoms with Crippen molar-refractivity contribution < 1.29 is 27.4 Å². The number of nitrogens with two attached hydrogens (primary N) is 1. The third kappa shape index (κ3) is 5.39. The zero-order valence-electron chi connectivity index (χ0n) is 24.2. The first-order valence-electron chi connectivity index (χ1n) is 15.4. The van der Waals surface area contributed by atoms with Crippen LogP contribution < -0.4 is 10.5 Å². The Balaban J connectivity index is 0.983. The number of carbonyl (C=O) groups is 1. The minimum Gasteiger partial charge on any atom is -0.477 e. The zero-order chi connectivity index (χ0) is 29.8. The van der Waals surface area contributed by atoms with Crippen molar-refractivity contribution in [3.63, 3.8) is 0 Å². The number of rotatable bonds is 9. The Bertz CT molecular complexity index is 1500. The van der Waals surface area contributed by atoms with Gasteiger partial charge in [-0.25, -0.2) is 9.97 Å². The van der Waals surface area contributed by atoms with Crippen LogP contribution in [0.15, 0.2) is 36.4 Å². The van der Waals surface area contributed by atoms with E-state index in [0.717, 1.165) is 61.5 Å². The smallest absolute Gasteiger partial charge is 0.394 e. The Morgan fingerprint density at radius 2 is 1.84 bits per heavy atom. The highest BCUT2D eigenvalue weighted by atomic mass is 19.4. The van der Waals surface area contributed by atoms with Crippen LogP contribution in [0.2, 0.25) is 0 Å². The standard InChI is InChI=1S/C32H38F3N5O3/c33-32(34,35)31-11-9-30(19-31,10-12-31)20-43-28-3-1-2-24(38-28)21-6-13-39(14-7-21)18-27-37-25-5-4-22(29(36)41)16-26(25)40(27)17-23-8-15-42-23/h1-5,16,21,23H,6-15,17-20H2,(H2,36,41)/t23-,30?,31?/m0/s1. The maximum absolute atomic E-state index is 13.7. The Kier molecular flexibility index (Phi) is 7.16. The lowest BCUT2D eigenvalue weighted by molar-refractivity contribution is -0.220. The minimum absolute atomic E-state index is 0.147. The first kappa shape index (κ1) is 28.6. The second-order valence-corrected chi connectivity index (χ2v) is 13.2. The number of hydrogen-bond acceptors (Lipinski definition) is 6. The van der Waals surface area contributed by atoms with Crippen LogP contribution in [0.1, 0.15) is 79.2 Å². The molecule has 2 N–H and O–H groups in total. The van der Waals surface area contributed by atoms with E-state index in [-0.39, 0.29) is 36.7 Å². The number of likely N-dealkylation sites (tertiary alicyclic amines) is 1. The quantitative estimate of drug-likeness (QED) is 0.346. The average molecular weight is 598 g/mol. The number of imidazole rings is 1. The summed E-state index contributed by atoms with van der Waals surface area (Å²) >= 11 is 0. The fraction of sp³-hybridized carbons (Fsp3) is 0.594. The van der Waals surface area contributed by atoms with Gasteiger partial charge >= 0.3 is 6.18 Å². The monoisotopic (exact) mass is 597 g/mol. The van der Waals surface area contributed by atoms with Crippen LogP contribution in [-0.4, -0.2) is 63.9 Å². The maximum Gasteiger partial charge on any atom is 0.394 e. The van der Waals surface area contributed by atoms with E-state index in [9.17, 15) is 18.0 Å². The van der Waals surface area contributed by atoms with Gasteiger partial charge in [0.25, 0.3) is 0 Å². The Hall–Kier alpha value is -3.18. The molecule has 4 heterocycles. The van der Waals surface area contributed by atoms with Crippen molar-refractivity contribution >= 4 is 16.9 Å². The molecule has 11 heteroatoms. The number of pyridine rings is 1. The van der Waals surface area contributed by atoms with Crippen LogP contribution in [0.25, 0.3) is 11.0 Å². The molecule has 4 aliphatic rings. The van der Waals surface area contributed by atoms with Crippen LogP contribution in [0, 0.1) is 10.8 Å². The van der Waals surface area contributed by atoms with Crippen molar-refractivity contribution in [2.45, 2.75) is 82.7 Å². The number of fused-ring (bicyclic) bond motifs is 3. The first-order chi connectivity index (χ1) is 20.6. The van der Waals surface area contributed by atoms with Crippen LogP contribution in [0.4, 0.5) is 13.2 Å². The molecule has 7 rings (SSSR count). The molecule has 4 fully saturated rings. The van der Waals surface area contributed by atoms with Crippen molar-refractivity contribution in [2.24, 2.45) is 16.6 Å². The Morgan fingerprint density at radius 3 is 2.49 bits per heavy atom. The summed E-state index contributed by atoms with van der Waals surface area (Å²) in [4.78, 5) is 23.9. The van der Waals surface area contributed by atoms with Crippen molar-refractivity contribution in [3.05, 3.63) is 53.5 Å². The van der Waals surface area contributed by atoms with Crippen LogP contribution in [-0.2, 0) is 17.8 Å². The number of carbonyl (C=O) groups excluding carboxylic acids is 1. The minimum atomic E-state index is -4.13. The lowest BCUT2D eigenvalue weighted by atomic mass is 9.82. The molecule has 0 radical (unpaired) electrons. The number of alkyl halides is 3. The predicted molar refractivity (Wildman–Crippen MR) is 154 cm³/mol. The number of ether oxygens (including phenoxy) is 2. The third-order valence-corrected chi connectivity index (χ3v) is 10.5. The highest BCUT2D eigenvalue weighted by Crippen LogP contribution is 2.67. The van der Waals surface area contributed by atoms with Gasteiger partial charge in [0.2, 0.25) is 11.8 Å². The molecule has 2 bridgehead atoms. The zero-order valence-corrected chi connectivity index (χ0v) is 24.2. The number of aromatic nitrogens is 3. The fourth-order valence-electron chi connectivity index (χ4n) is 7.74. The molecule has 1 atom stereocenters. The molecule has 0 unspecified atom stereocenters. The number of nitrogens with zero attached hydrogens (tertiary/aromatic N) is 4. The summed E-state index contributed by atoms with van der Waals surface area (Å²) in [5.41, 5.74) is 6.83. The van der Waals surface area contributed by atoms with Gasteiger partial charge in [-0.05, 0) is 88.7 Å². The van der Waals surface area contributed by atoms with Crippen LogP contribution >= 0.6 is 0 Å². The molecule has 2 aliphatic carbocycles. The summed E-state index contributed by atoms with van der Waals surface area (Å²) in [6, 6.07) is 11.2. The number of hydrogen-bond donors (Lipinski definition) is 1. The van der Waals surface area contributed by atoms with Crippen LogP contribution in [0.3, 0.4) is 0 Å². The van der Waals surface area contributed by atoms with Crippen molar-refractivity contribution in [2.75, 3.05) is 26.3 Å². The van der Waals surface area contributed by atoms with Gasteiger partial charge in [0.05, 0.1) is 42.2 Å². The molecule has 2 saturated carbocycles. The van der Waals surface area contributed by atoms with E-state index in [1.807, 2.05) is 30.3 Å². The van der Waals surface area contributed by atoms with E-state index < -0.39 is 17.5 Å². The lowest BCUT2D eigenvalue weighted by Gasteiger charge is -2.32. The molecule has 1 aromatic carbocycles. The van der Waals surface area contributed by atoms with Gasteiger partial charge in [0.1, 0.15) is 5.82 Å². The van der Waals surface area contributed by atoms with E-state index >= 15 is 0 Å². The molecule has 230 valence electrons. The molecular weight excluding hydrogens is 559 g/mol. The topological polar surface area (TPSA) is 95.5 Å². The fourth-order valence-corrected chi connectivity index (χ4v) is 7.74. The second-order valence-electron chi connectivity index (χ2n) is 13.2. The largest absolute Gasteiger partial charge is 0.477 e. The third-order valence-electron chi connectivity index (χ3n) is 10.5. The predicted octanol–water partition coefficient (Wildman–Crippen LogP) is 5.59. The van der Waals surface area contributed by atoms with E-state index in [2.05, 4.69) is 9.47 Å². The molecule has 0 spiro atoms. The van der Waals surface area contributed by atoms with E-state index in [4.69, 9.17) is 25.2 Å². The van der Waals surface area contributed by atoms with E-state index in [1.54, 1.807) is 6.07 Å². The molecule has 2 aliphatic heterocycles. The first-order valence-corrected chi connectivity index (χ1v) is 15.4. The summed E-state index contributed by atoms with van der Waals surface area (Å²) in [6.07, 6.45) is 0.629. The normalized spacial score (nSPS) is 27.9. The molecule has 2 saturated heterocycles. The SMILES string of the molecule is NC(=O)c1ccc2nc(CN3CCC(c4cccc(OCC56CCC(C(F)(F)F)(CC5)C6)n4)CC3)n(C[C@@H]3CCO3)c2c1. The van der Waals surface area contributed by atoms with Crippen molar-refractivity contribution in [1.29, 1.82) is 0 Å². The van der Waals surface area contributed by atoms with Gasteiger partial charge in [-0.15, -0.1) is 0 Å². The van der Waals surface area contributed by atoms with Gasteiger partial charge in [0, 0.05) is 35.3 Å². The highest BCUT2D eigenvalue weighted by molar-refractivity contribution is 5.96. The van der Waals surface area contributed by atoms with Gasteiger partial charge in [0.15, 0.2) is 0 Å². The van der Waals surface area contributed by atoms with Gasteiger partial charge < -0.3 is 19.8 Å². The van der Waals surface area contributed by atoms with E-state index in [1.165, 1.54) is 0 Å². The molecule has 43 heavy (non-hydrogen) atoms. The van der Waals surface area contributed by atoms with Gasteiger partial charge in [-0.1, -0.05) is 6.07 Å². The summed E-state index contributed by atoms with van der Waals surface area (Å²) < 4.78 is 55.0. The van der Waals surface area contributed by atoms with Gasteiger partial charge in [-0.3, -0.25) is 9.69 Å². The molecule has 8 nitrogen and oxygen atoms in total. The molecular formula is C32H38F3N5O3. The maximum atomic E-state index is 13.7. The molecule has 2 aromatic heterocycles. The molecule has 3 aromatic rings. The number of primary amides is 1. The van der Waals surface area contributed by atoms with Crippen molar-refractivity contribution in [1.82, 2.24) is 19.4 Å². The Labute approximate surface area is 248 Å². The van der Waals surface area contributed by atoms with E-state index in [0.29, 0.717) is 44.0 Å². The summed E-state index contributed by atoms with van der Waals surface area (Å²) in [5.74, 6) is 1.29. The summed E-state index contributed by atoms with van der Waals surface area (Å²) in [5, 5.41) is 0. The summed E-state index contributed by atoms with van der Waals surface area (Å²) in [7, 11) is 0. The van der Waals surface area contributed by atoms with Crippen LogP contribution in [0.5, 0.6) is 5.88 Å². The molecule has 1 amide bonds. The van der Waals surface area contributed by atoms with Crippen molar-refractivity contribution in [3.8, 4) is 5.88 Å². The number of piperidine rings is 1. The van der Waals surface area contributed by atoms with Gasteiger partial charge in [-0.2, -0.15) is 13.2 Å². The Morgan fingerprint density at radius 1 is 1.07 bits per heavy atom. The number of benzene rings is 1. The number of amides is 1. The second kappa shape index (κ2) is 10.8.